The molecule has 1 heterocycles. The summed E-state index contributed by atoms with van der Waals surface area (Å²) in [6, 6.07) is 12.5. The van der Waals surface area contributed by atoms with E-state index in [1.165, 1.54) is 11.1 Å². The van der Waals surface area contributed by atoms with E-state index in [4.69, 9.17) is 16.0 Å². The van der Waals surface area contributed by atoms with Crippen molar-refractivity contribution >= 4 is 11.6 Å². The van der Waals surface area contributed by atoms with Crippen LogP contribution in [-0.4, -0.2) is 6.54 Å². The molecule has 114 valence electrons. The predicted molar refractivity (Wildman–Crippen MR) is 88.8 cm³/mol. The van der Waals surface area contributed by atoms with Crippen molar-refractivity contribution in [2.45, 2.75) is 39.7 Å². The molecule has 0 aliphatic rings. The van der Waals surface area contributed by atoms with Crippen molar-refractivity contribution < 1.29 is 4.42 Å². The van der Waals surface area contributed by atoms with Gasteiger partial charge in [0.2, 0.25) is 0 Å². The number of nitrogens with one attached hydrogen (secondary N) is 1. The van der Waals surface area contributed by atoms with Gasteiger partial charge in [0.05, 0.1) is 6.04 Å². The summed E-state index contributed by atoms with van der Waals surface area (Å²) >= 11 is 5.93. The summed E-state index contributed by atoms with van der Waals surface area (Å²) in [5, 5.41) is 3.98. The van der Waals surface area contributed by atoms with Crippen LogP contribution in [0.1, 0.15) is 50.1 Å². The quantitative estimate of drug-likeness (QED) is 0.758. The highest BCUT2D eigenvalue weighted by molar-refractivity contribution is 6.28. The molecule has 0 amide bonds. The van der Waals surface area contributed by atoms with Gasteiger partial charge in [-0.15, -0.1) is 0 Å². The molecular formula is C18H24ClNO. The van der Waals surface area contributed by atoms with Crippen molar-refractivity contribution in [2.24, 2.45) is 5.92 Å². The van der Waals surface area contributed by atoms with Crippen LogP contribution in [0.25, 0.3) is 0 Å². The number of benzene rings is 1. The fraction of sp³-hybridized carbons (Fsp3) is 0.444. The fourth-order valence-corrected chi connectivity index (χ4v) is 2.68. The molecule has 1 aromatic heterocycles. The summed E-state index contributed by atoms with van der Waals surface area (Å²) in [7, 11) is 0. The first kappa shape index (κ1) is 16.1. The zero-order chi connectivity index (χ0) is 15.2. The highest BCUT2D eigenvalue weighted by Gasteiger charge is 2.17. The van der Waals surface area contributed by atoms with Gasteiger partial charge >= 0.3 is 0 Å². The number of hydrogen-bond acceptors (Lipinski definition) is 2. The van der Waals surface area contributed by atoms with Gasteiger partial charge in [-0.25, -0.2) is 0 Å². The highest BCUT2D eigenvalue weighted by Crippen LogP contribution is 2.27. The van der Waals surface area contributed by atoms with E-state index in [0.717, 1.165) is 25.1 Å². The van der Waals surface area contributed by atoms with Crippen LogP contribution < -0.4 is 5.32 Å². The molecule has 0 saturated carbocycles. The highest BCUT2D eigenvalue weighted by atomic mass is 35.5. The summed E-state index contributed by atoms with van der Waals surface area (Å²) < 4.78 is 5.62. The summed E-state index contributed by atoms with van der Waals surface area (Å²) in [5.74, 6) is 1.52. The third-order valence-corrected chi connectivity index (χ3v) is 3.61. The van der Waals surface area contributed by atoms with Gasteiger partial charge in [-0.05, 0) is 60.2 Å². The van der Waals surface area contributed by atoms with Gasteiger partial charge in [-0.1, -0.05) is 45.0 Å². The average molecular weight is 306 g/mol. The molecule has 0 saturated heterocycles. The zero-order valence-corrected chi connectivity index (χ0v) is 13.8. The van der Waals surface area contributed by atoms with E-state index >= 15 is 0 Å². The molecule has 21 heavy (non-hydrogen) atoms. The minimum atomic E-state index is 0.0598. The van der Waals surface area contributed by atoms with Gasteiger partial charge in [-0.2, -0.15) is 0 Å². The standard InChI is InChI=1S/C18H24ClNO/c1-4-10-20-18(16-8-9-17(19)21-16)15-7-5-6-14(12-15)11-13(2)3/h5-9,12-13,18,20H,4,10-11H2,1-3H3. The van der Waals surface area contributed by atoms with Crippen LogP contribution in [0.4, 0.5) is 0 Å². The van der Waals surface area contributed by atoms with Gasteiger partial charge in [0.15, 0.2) is 5.22 Å². The molecule has 0 bridgehead atoms. The lowest BCUT2D eigenvalue weighted by Crippen LogP contribution is -2.22. The molecule has 0 spiro atoms. The van der Waals surface area contributed by atoms with E-state index in [2.05, 4.69) is 50.4 Å². The fourth-order valence-electron chi connectivity index (χ4n) is 2.53. The van der Waals surface area contributed by atoms with Crippen LogP contribution in [0.5, 0.6) is 0 Å². The molecule has 1 unspecified atom stereocenters. The molecule has 0 aliphatic heterocycles. The third-order valence-electron chi connectivity index (χ3n) is 3.41. The number of rotatable bonds is 7. The Kier molecular flexibility index (Phi) is 5.89. The van der Waals surface area contributed by atoms with Gasteiger partial charge in [-0.3, -0.25) is 0 Å². The van der Waals surface area contributed by atoms with Crippen LogP contribution in [0, 0.1) is 5.92 Å². The van der Waals surface area contributed by atoms with Crippen LogP contribution in [0.15, 0.2) is 40.8 Å². The Hall–Kier alpha value is -1.25. The Bertz CT molecular complexity index is 562. The number of furan rings is 1. The van der Waals surface area contributed by atoms with E-state index in [0.29, 0.717) is 11.1 Å². The zero-order valence-electron chi connectivity index (χ0n) is 13.0. The van der Waals surface area contributed by atoms with Crippen molar-refractivity contribution in [1.29, 1.82) is 0 Å². The Morgan fingerprint density at radius 3 is 2.62 bits per heavy atom. The second-order valence-electron chi connectivity index (χ2n) is 5.87. The molecule has 0 fully saturated rings. The van der Waals surface area contributed by atoms with E-state index in [1.807, 2.05) is 6.07 Å². The van der Waals surface area contributed by atoms with Crippen LogP contribution in [0.2, 0.25) is 5.22 Å². The molecule has 1 aromatic carbocycles. The summed E-state index contributed by atoms with van der Waals surface area (Å²) in [6.45, 7) is 7.59. The van der Waals surface area contributed by atoms with Gasteiger partial charge in [0.25, 0.3) is 0 Å². The minimum Gasteiger partial charge on any atom is -0.448 e. The Labute approximate surface area is 132 Å². The maximum Gasteiger partial charge on any atom is 0.193 e. The smallest absolute Gasteiger partial charge is 0.193 e. The van der Waals surface area contributed by atoms with Gasteiger partial charge < -0.3 is 9.73 Å². The molecule has 2 nitrogen and oxygen atoms in total. The summed E-state index contributed by atoms with van der Waals surface area (Å²) in [5.41, 5.74) is 2.59. The topological polar surface area (TPSA) is 25.2 Å². The summed E-state index contributed by atoms with van der Waals surface area (Å²) in [4.78, 5) is 0. The lowest BCUT2D eigenvalue weighted by Gasteiger charge is -2.18. The number of hydrogen-bond donors (Lipinski definition) is 1. The van der Waals surface area contributed by atoms with Gasteiger partial charge in [0.1, 0.15) is 5.76 Å². The Morgan fingerprint density at radius 1 is 1.19 bits per heavy atom. The van der Waals surface area contributed by atoms with Crippen molar-refractivity contribution in [1.82, 2.24) is 5.32 Å². The molecule has 2 aromatic rings. The SMILES string of the molecule is CCCNC(c1cccc(CC(C)C)c1)c1ccc(Cl)o1. The molecule has 0 aliphatic carbocycles. The van der Waals surface area contributed by atoms with Crippen LogP contribution >= 0.6 is 11.6 Å². The molecule has 3 heteroatoms. The van der Waals surface area contributed by atoms with Crippen molar-refractivity contribution in [3.05, 3.63) is 58.5 Å². The molecule has 1 atom stereocenters. The van der Waals surface area contributed by atoms with Gasteiger partial charge in [0, 0.05) is 0 Å². The predicted octanol–water partition coefficient (Wildman–Crippen LogP) is 5.22. The minimum absolute atomic E-state index is 0.0598. The van der Waals surface area contributed by atoms with Crippen molar-refractivity contribution in [2.75, 3.05) is 6.54 Å². The van der Waals surface area contributed by atoms with E-state index in [1.54, 1.807) is 6.07 Å². The monoisotopic (exact) mass is 305 g/mol. The van der Waals surface area contributed by atoms with Crippen molar-refractivity contribution in [3.63, 3.8) is 0 Å². The first-order chi connectivity index (χ1) is 10.1. The maximum atomic E-state index is 5.93. The van der Waals surface area contributed by atoms with E-state index < -0.39 is 0 Å². The lowest BCUT2D eigenvalue weighted by molar-refractivity contribution is 0.447. The Morgan fingerprint density at radius 2 is 2.00 bits per heavy atom. The van der Waals surface area contributed by atoms with Crippen molar-refractivity contribution in [3.8, 4) is 0 Å². The molecular weight excluding hydrogens is 282 g/mol. The van der Waals surface area contributed by atoms with E-state index in [9.17, 15) is 0 Å². The average Bonchev–Trinajstić information content (AvgIpc) is 2.85. The molecule has 2 rings (SSSR count). The second-order valence-corrected chi connectivity index (χ2v) is 6.24. The first-order valence-corrected chi connectivity index (χ1v) is 8.05. The third kappa shape index (κ3) is 4.62. The van der Waals surface area contributed by atoms with Crippen LogP contribution in [-0.2, 0) is 6.42 Å². The first-order valence-electron chi connectivity index (χ1n) is 7.67. The lowest BCUT2D eigenvalue weighted by atomic mass is 9.97. The largest absolute Gasteiger partial charge is 0.448 e. The Balaban J connectivity index is 2.27. The molecule has 0 radical (unpaired) electrons. The van der Waals surface area contributed by atoms with Crippen LogP contribution in [0.3, 0.4) is 0 Å². The maximum absolute atomic E-state index is 5.93. The second kappa shape index (κ2) is 7.67. The summed E-state index contributed by atoms with van der Waals surface area (Å²) in [6.07, 6.45) is 2.17. The van der Waals surface area contributed by atoms with E-state index in [-0.39, 0.29) is 6.04 Å². The number of halogens is 1. The molecule has 1 N–H and O–H groups in total. The normalized spacial score (nSPS) is 12.8.